The van der Waals surface area contributed by atoms with E-state index in [4.69, 9.17) is 4.74 Å². The zero-order chi connectivity index (χ0) is 14.5. The second-order valence-electron chi connectivity index (χ2n) is 4.40. The molecule has 0 atom stereocenters. The lowest BCUT2D eigenvalue weighted by Gasteiger charge is -2.08. The molecule has 5 heteroatoms. The molecule has 0 bridgehead atoms. The first kappa shape index (κ1) is 13.2. The summed E-state index contributed by atoms with van der Waals surface area (Å²) in [6.45, 7) is 2.05. The highest BCUT2D eigenvalue weighted by Gasteiger charge is 2.08. The van der Waals surface area contributed by atoms with Crippen LogP contribution in [0.25, 0.3) is 11.4 Å². The van der Waals surface area contributed by atoms with E-state index < -0.39 is 0 Å². The van der Waals surface area contributed by atoms with E-state index in [1.54, 1.807) is 24.8 Å². The van der Waals surface area contributed by atoms with E-state index in [1.807, 2.05) is 37.3 Å². The van der Waals surface area contributed by atoms with Crippen molar-refractivity contribution < 1.29 is 4.74 Å². The number of aryl methyl sites for hydroxylation is 1. The van der Waals surface area contributed by atoms with Gasteiger partial charge in [0.15, 0.2) is 5.82 Å². The van der Waals surface area contributed by atoms with Gasteiger partial charge in [-0.3, -0.25) is 9.97 Å². The molecule has 0 aromatic carbocycles. The largest absolute Gasteiger partial charge is 0.437 e. The van der Waals surface area contributed by atoms with Crippen molar-refractivity contribution in [3.63, 3.8) is 0 Å². The molecular formula is C16H14N4O. The molecule has 0 spiro atoms. The number of pyridine rings is 2. The molecule has 0 aliphatic carbocycles. The predicted octanol–water partition coefficient (Wildman–Crippen LogP) is 3.29. The molecule has 5 nitrogen and oxygen atoms in total. The van der Waals surface area contributed by atoms with Crippen molar-refractivity contribution in [2.24, 2.45) is 0 Å². The van der Waals surface area contributed by atoms with E-state index in [2.05, 4.69) is 19.9 Å². The summed E-state index contributed by atoms with van der Waals surface area (Å²) in [6, 6.07) is 9.26. The molecule has 0 aliphatic heterocycles. The molecule has 104 valence electrons. The fourth-order valence-corrected chi connectivity index (χ4v) is 1.86. The Bertz CT molecular complexity index is 717. The Labute approximate surface area is 122 Å². The summed E-state index contributed by atoms with van der Waals surface area (Å²) in [6.07, 6.45) is 7.61. The van der Waals surface area contributed by atoms with E-state index in [9.17, 15) is 0 Å². The summed E-state index contributed by atoms with van der Waals surface area (Å²) >= 11 is 0. The number of nitrogens with zero attached hydrogens (tertiary/aromatic N) is 4. The Morgan fingerprint density at radius 3 is 2.57 bits per heavy atom. The maximum absolute atomic E-state index is 5.75. The third-order valence-corrected chi connectivity index (χ3v) is 2.91. The summed E-state index contributed by atoms with van der Waals surface area (Å²) in [4.78, 5) is 17.0. The van der Waals surface area contributed by atoms with Gasteiger partial charge in [-0.2, -0.15) is 4.98 Å². The van der Waals surface area contributed by atoms with Crippen LogP contribution in [0.1, 0.15) is 12.6 Å². The zero-order valence-corrected chi connectivity index (χ0v) is 11.6. The van der Waals surface area contributed by atoms with Crippen LogP contribution in [0, 0.1) is 0 Å². The molecule has 0 radical (unpaired) electrons. The molecule has 3 rings (SSSR count). The van der Waals surface area contributed by atoms with Crippen LogP contribution in [0.3, 0.4) is 0 Å². The summed E-state index contributed by atoms with van der Waals surface area (Å²) in [5.41, 5.74) is 1.84. The quantitative estimate of drug-likeness (QED) is 0.733. The van der Waals surface area contributed by atoms with E-state index >= 15 is 0 Å². The number of rotatable bonds is 4. The first-order valence-electron chi connectivity index (χ1n) is 6.71. The molecule has 3 aromatic heterocycles. The van der Waals surface area contributed by atoms with Crippen molar-refractivity contribution in [2.75, 3.05) is 0 Å². The van der Waals surface area contributed by atoms with Crippen LogP contribution in [0.4, 0.5) is 0 Å². The molecule has 0 saturated heterocycles. The van der Waals surface area contributed by atoms with Crippen LogP contribution in [0.2, 0.25) is 0 Å². The topological polar surface area (TPSA) is 60.8 Å². The van der Waals surface area contributed by atoms with Gasteiger partial charge in [0.05, 0.1) is 6.20 Å². The first-order valence-corrected chi connectivity index (χ1v) is 6.71. The first-order chi connectivity index (χ1) is 10.3. The van der Waals surface area contributed by atoms with E-state index in [0.29, 0.717) is 17.5 Å². The fraction of sp³-hybridized carbons (Fsp3) is 0.125. The minimum atomic E-state index is 0.515. The molecular weight excluding hydrogens is 264 g/mol. The summed E-state index contributed by atoms with van der Waals surface area (Å²) in [7, 11) is 0. The van der Waals surface area contributed by atoms with Crippen LogP contribution in [-0.2, 0) is 6.42 Å². The van der Waals surface area contributed by atoms with Crippen molar-refractivity contribution in [1.29, 1.82) is 0 Å². The van der Waals surface area contributed by atoms with Crippen LogP contribution < -0.4 is 4.74 Å². The molecule has 21 heavy (non-hydrogen) atoms. The zero-order valence-electron chi connectivity index (χ0n) is 11.6. The molecule has 0 N–H and O–H groups in total. The van der Waals surface area contributed by atoms with Crippen LogP contribution in [0.5, 0.6) is 11.6 Å². The fourth-order valence-electron chi connectivity index (χ4n) is 1.86. The second-order valence-corrected chi connectivity index (χ2v) is 4.40. The Balaban J connectivity index is 1.98. The lowest BCUT2D eigenvalue weighted by atomic mass is 10.2. The number of aromatic nitrogens is 4. The normalized spacial score (nSPS) is 10.3. The van der Waals surface area contributed by atoms with E-state index in [0.717, 1.165) is 17.7 Å². The van der Waals surface area contributed by atoms with E-state index in [-0.39, 0.29) is 0 Å². The van der Waals surface area contributed by atoms with Crippen LogP contribution in [0.15, 0.2) is 55.1 Å². The Kier molecular flexibility index (Phi) is 3.82. The maximum atomic E-state index is 5.75. The molecule has 0 unspecified atom stereocenters. The monoisotopic (exact) mass is 278 g/mol. The van der Waals surface area contributed by atoms with Gasteiger partial charge in [0.1, 0.15) is 5.75 Å². The lowest BCUT2D eigenvalue weighted by molar-refractivity contribution is 0.459. The SMILES string of the molecule is CCc1cc(Oc2cccnc2)nc(-c2ccncc2)n1. The maximum Gasteiger partial charge on any atom is 0.223 e. The second kappa shape index (κ2) is 6.09. The lowest BCUT2D eigenvalue weighted by Crippen LogP contribution is -1.98. The highest BCUT2D eigenvalue weighted by atomic mass is 16.5. The predicted molar refractivity (Wildman–Crippen MR) is 79.0 cm³/mol. The van der Waals surface area contributed by atoms with Crippen LogP contribution >= 0.6 is 0 Å². The van der Waals surface area contributed by atoms with Crippen molar-refractivity contribution in [3.8, 4) is 23.0 Å². The van der Waals surface area contributed by atoms with E-state index in [1.165, 1.54) is 0 Å². The van der Waals surface area contributed by atoms with Gasteiger partial charge >= 0.3 is 0 Å². The van der Waals surface area contributed by atoms with Gasteiger partial charge in [-0.1, -0.05) is 6.92 Å². The minimum absolute atomic E-state index is 0.515. The average Bonchev–Trinajstić information content (AvgIpc) is 2.56. The summed E-state index contributed by atoms with van der Waals surface area (Å²) in [5.74, 6) is 1.80. The van der Waals surface area contributed by atoms with Crippen molar-refractivity contribution in [3.05, 3.63) is 60.8 Å². The average molecular weight is 278 g/mol. The van der Waals surface area contributed by atoms with Gasteiger partial charge < -0.3 is 4.74 Å². The van der Waals surface area contributed by atoms with Crippen molar-refractivity contribution in [1.82, 2.24) is 19.9 Å². The highest BCUT2D eigenvalue weighted by molar-refractivity contribution is 5.54. The third kappa shape index (κ3) is 3.20. The molecule has 0 amide bonds. The molecule has 0 fully saturated rings. The third-order valence-electron chi connectivity index (χ3n) is 2.91. The number of hydrogen-bond acceptors (Lipinski definition) is 5. The summed E-state index contributed by atoms with van der Waals surface area (Å²) < 4.78 is 5.75. The summed E-state index contributed by atoms with van der Waals surface area (Å²) in [5, 5.41) is 0. The number of hydrogen-bond donors (Lipinski definition) is 0. The molecule has 0 aliphatic rings. The van der Waals surface area contributed by atoms with Crippen molar-refractivity contribution in [2.45, 2.75) is 13.3 Å². The molecule has 0 saturated carbocycles. The van der Waals surface area contributed by atoms with Gasteiger partial charge in [-0.05, 0) is 30.7 Å². The Morgan fingerprint density at radius 2 is 1.86 bits per heavy atom. The van der Waals surface area contributed by atoms with Gasteiger partial charge in [-0.15, -0.1) is 0 Å². The Morgan fingerprint density at radius 1 is 1.00 bits per heavy atom. The molecule has 3 heterocycles. The number of ether oxygens (including phenoxy) is 1. The highest BCUT2D eigenvalue weighted by Crippen LogP contribution is 2.22. The standard InChI is InChI=1S/C16H14N4O/c1-2-13-10-15(21-14-4-3-7-18-11-14)20-16(19-13)12-5-8-17-9-6-12/h3-11H,2H2,1H3. The van der Waals surface area contributed by atoms with Gasteiger partial charge in [0, 0.05) is 35.9 Å². The van der Waals surface area contributed by atoms with Crippen molar-refractivity contribution >= 4 is 0 Å². The van der Waals surface area contributed by atoms with Gasteiger partial charge in [0.2, 0.25) is 5.88 Å². The molecule has 3 aromatic rings. The van der Waals surface area contributed by atoms with Gasteiger partial charge in [-0.25, -0.2) is 4.98 Å². The van der Waals surface area contributed by atoms with Crippen LogP contribution in [-0.4, -0.2) is 19.9 Å². The Hall–Kier alpha value is -2.82. The minimum Gasteiger partial charge on any atom is -0.437 e. The van der Waals surface area contributed by atoms with Gasteiger partial charge in [0.25, 0.3) is 0 Å². The smallest absolute Gasteiger partial charge is 0.223 e.